The number of ether oxygens (including phenoxy) is 2. The zero-order chi connectivity index (χ0) is 18.7. The summed E-state index contributed by atoms with van der Waals surface area (Å²) in [6.07, 6.45) is 3.48. The maximum Gasteiger partial charge on any atom is 0.342 e. The summed E-state index contributed by atoms with van der Waals surface area (Å²) in [6.45, 7) is -0.144. The minimum absolute atomic E-state index is 0.0519. The van der Waals surface area contributed by atoms with E-state index in [4.69, 9.17) is 9.47 Å². The molecule has 0 aliphatic carbocycles. The van der Waals surface area contributed by atoms with Gasteiger partial charge in [0.2, 0.25) is 0 Å². The number of rotatable bonds is 5. The molecule has 8 nitrogen and oxygen atoms in total. The Labute approximate surface area is 148 Å². The molecule has 26 heavy (non-hydrogen) atoms. The number of methoxy groups -OCH3 is 1. The molecule has 1 aromatic carbocycles. The molecule has 0 amide bonds. The van der Waals surface area contributed by atoms with Crippen LogP contribution in [-0.4, -0.2) is 22.4 Å². The van der Waals surface area contributed by atoms with Gasteiger partial charge in [0.25, 0.3) is 5.69 Å². The van der Waals surface area contributed by atoms with Crippen LogP contribution in [0.25, 0.3) is 5.52 Å². The Kier molecular flexibility index (Phi) is 4.53. The molecular formula is C18H13N3O5. The molecule has 0 atom stereocenters. The minimum atomic E-state index is -0.773. The summed E-state index contributed by atoms with van der Waals surface area (Å²) in [7, 11) is 1.35. The van der Waals surface area contributed by atoms with Gasteiger partial charge in [0.1, 0.15) is 24.0 Å². The molecule has 0 bridgehead atoms. The van der Waals surface area contributed by atoms with Crippen LogP contribution in [0.2, 0.25) is 0 Å². The van der Waals surface area contributed by atoms with Gasteiger partial charge in [-0.1, -0.05) is 6.07 Å². The minimum Gasteiger partial charge on any atom is -0.496 e. The van der Waals surface area contributed by atoms with E-state index in [1.54, 1.807) is 28.9 Å². The second kappa shape index (κ2) is 6.94. The van der Waals surface area contributed by atoms with Gasteiger partial charge < -0.3 is 13.9 Å². The van der Waals surface area contributed by atoms with E-state index in [1.807, 2.05) is 6.07 Å². The van der Waals surface area contributed by atoms with Crippen molar-refractivity contribution >= 4 is 17.2 Å². The van der Waals surface area contributed by atoms with Crippen molar-refractivity contribution in [2.75, 3.05) is 7.11 Å². The van der Waals surface area contributed by atoms with Gasteiger partial charge in [-0.05, 0) is 18.2 Å². The van der Waals surface area contributed by atoms with E-state index in [2.05, 4.69) is 6.07 Å². The molecule has 2 aromatic heterocycles. The fraction of sp³-hybridized carbons (Fsp3) is 0.111. The Hall–Kier alpha value is -3.86. The van der Waals surface area contributed by atoms with Gasteiger partial charge in [0.15, 0.2) is 0 Å². The highest BCUT2D eigenvalue weighted by Crippen LogP contribution is 2.25. The third kappa shape index (κ3) is 3.06. The first-order valence-electron chi connectivity index (χ1n) is 7.53. The van der Waals surface area contributed by atoms with E-state index in [0.29, 0.717) is 16.6 Å². The van der Waals surface area contributed by atoms with Gasteiger partial charge in [0, 0.05) is 30.1 Å². The number of hydrogen-bond donors (Lipinski definition) is 0. The maximum atomic E-state index is 12.4. The molecule has 0 saturated carbocycles. The zero-order valence-electron chi connectivity index (χ0n) is 13.7. The number of nitro benzene ring substituents is 1. The van der Waals surface area contributed by atoms with Crippen LogP contribution in [0.4, 0.5) is 5.69 Å². The SMILES string of the molecule is COc1ccc([N+](=O)[O-])cc1C(=O)OCc1cn2ccccc2c1C#N. The highest BCUT2D eigenvalue weighted by Gasteiger charge is 2.20. The Balaban J connectivity index is 1.87. The highest BCUT2D eigenvalue weighted by atomic mass is 16.6. The lowest BCUT2D eigenvalue weighted by Gasteiger charge is -2.08. The second-order valence-electron chi connectivity index (χ2n) is 5.35. The first kappa shape index (κ1) is 17.0. The quantitative estimate of drug-likeness (QED) is 0.397. The second-order valence-corrected chi connectivity index (χ2v) is 5.35. The number of aromatic nitrogens is 1. The topological polar surface area (TPSA) is 107 Å². The lowest BCUT2D eigenvalue weighted by Crippen LogP contribution is -2.08. The van der Waals surface area contributed by atoms with Gasteiger partial charge >= 0.3 is 5.97 Å². The summed E-state index contributed by atoms with van der Waals surface area (Å²) < 4.78 is 12.1. The Morgan fingerprint density at radius 3 is 2.85 bits per heavy atom. The van der Waals surface area contributed by atoms with Crippen LogP contribution in [0.15, 0.2) is 48.8 Å². The van der Waals surface area contributed by atoms with Crippen LogP contribution < -0.4 is 4.74 Å². The predicted octanol–water partition coefficient (Wildman–Crippen LogP) is 3.08. The van der Waals surface area contributed by atoms with Gasteiger partial charge in [-0.25, -0.2) is 4.79 Å². The third-order valence-corrected chi connectivity index (χ3v) is 3.85. The van der Waals surface area contributed by atoms with Crippen molar-refractivity contribution in [2.24, 2.45) is 0 Å². The van der Waals surface area contributed by atoms with E-state index in [-0.39, 0.29) is 23.6 Å². The first-order valence-corrected chi connectivity index (χ1v) is 7.53. The smallest absolute Gasteiger partial charge is 0.342 e. The molecule has 0 unspecified atom stereocenters. The zero-order valence-corrected chi connectivity index (χ0v) is 13.7. The van der Waals surface area contributed by atoms with E-state index >= 15 is 0 Å². The number of hydrogen-bond acceptors (Lipinski definition) is 6. The molecule has 8 heteroatoms. The van der Waals surface area contributed by atoms with E-state index in [0.717, 1.165) is 6.07 Å². The summed E-state index contributed by atoms with van der Waals surface area (Å²) in [4.78, 5) is 22.7. The summed E-state index contributed by atoms with van der Waals surface area (Å²) in [6, 6.07) is 11.2. The maximum absolute atomic E-state index is 12.4. The standard InChI is InChI=1S/C18H13N3O5/c1-25-17-6-5-13(21(23)24)8-14(17)18(22)26-11-12-10-20-7-3-2-4-16(20)15(12)9-19/h2-8,10H,11H2,1H3. The van der Waals surface area contributed by atoms with Crippen LogP contribution in [0.1, 0.15) is 21.5 Å². The average Bonchev–Trinajstić information content (AvgIpc) is 3.02. The molecular weight excluding hydrogens is 338 g/mol. The monoisotopic (exact) mass is 351 g/mol. The van der Waals surface area contributed by atoms with Gasteiger partial charge in [-0.2, -0.15) is 5.26 Å². The average molecular weight is 351 g/mol. The summed E-state index contributed by atoms with van der Waals surface area (Å²) in [5, 5.41) is 20.3. The fourth-order valence-corrected chi connectivity index (χ4v) is 2.61. The number of fused-ring (bicyclic) bond motifs is 1. The molecule has 0 spiro atoms. The van der Waals surface area contributed by atoms with Crippen LogP contribution >= 0.6 is 0 Å². The van der Waals surface area contributed by atoms with Crippen molar-refractivity contribution in [2.45, 2.75) is 6.61 Å². The van der Waals surface area contributed by atoms with Crippen LogP contribution in [0.5, 0.6) is 5.75 Å². The van der Waals surface area contributed by atoms with E-state index < -0.39 is 10.9 Å². The number of non-ortho nitro benzene ring substituents is 1. The fourth-order valence-electron chi connectivity index (χ4n) is 2.61. The molecule has 0 aliphatic heterocycles. The van der Waals surface area contributed by atoms with Crippen molar-refractivity contribution in [3.63, 3.8) is 0 Å². The number of carbonyl (C=O) groups is 1. The largest absolute Gasteiger partial charge is 0.496 e. The van der Waals surface area contributed by atoms with E-state index in [1.165, 1.54) is 19.2 Å². The van der Waals surface area contributed by atoms with Crippen LogP contribution in [0, 0.1) is 21.4 Å². The number of esters is 1. The van der Waals surface area contributed by atoms with Crippen molar-refractivity contribution in [1.82, 2.24) is 4.40 Å². The highest BCUT2D eigenvalue weighted by molar-refractivity contribution is 5.93. The number of nitro groups is 1. The Morgan fingerprint density at radius 2 is 2.15 bits per heavy atom. The van der Waals surface area contributed by atoms with Crippen LogP contribution in [0.3, 0.4) is 0 Å². The number of nitriles is 1. The Bertz CT molecular complexity index is 1050. The normalized spacial score (nSPS) is 10.3. The molecule has 3 rings (SSSR count). The van der Waals surface area contributed by atoms with Gasteiger partial charge in [0.05, 0.1) is 23.1 Å². The number of nitrogens with zero attached hydrogens (tertiary/aromatic N) is 3. The molecule has 0 N–H and O–H groups in total. The third-order valence-electron chi connectivity index (χ3n) is 3.85. The molecule has 0 fully saturated rings. The molecule has 0 aliphatic rings. The van der Waals surface area contributed by atoms with Gasteiger partial charge in [-0.3, -0.25) is 10.1 Å². The Morgan fingerprint density at radius 1 is 1.35 bits per heavy atom. The van der Waals surface area contributed by atoms with E-state index in [9.17, 15) is 20.2 Å². The van der Waals surface area contributed by atoms with Crippen molar-refractivity contribution in [3.05, 3.63) is 75.6 Å². The van der Waals surface area contributed by atoms with Crippen molar-refractivity contribution < 1.29 is 19.2 Å². The number of pyridine rings is 1. The molecule has 3 aromatic rings. The van der Waals surface area contributed by atoms with Gasteiger partial charge in [-0.15, -0.1) is 0 Å². The van der Waals surface area contributed by atoms with Crippen LogP contribution in [-0.2, 0) is 11.3 Å². The molecule has 130 valence electrons. The lowest BCUT2D eigenvalue weighted by molar-refractivity contribution is -0.384. The molecule has 2 heterocycles. The molecule has 0 saturated heterocycles. The summed E-state index contributed by atoms with van der Waals surface area (Å²) in [5.74, 6) is -0.604. The number of carbonyl (C=O) groups excluding carboxylic acids is 1. The summed E-state index contributed by atoms with van der Waals surface area (Å²) >= 11 is 0. The molecule has 0 radical (unpaired) electrons. The predicted molar refractivity (Wildman–Crippen MR) is 90.9 cm³/mol. The lowest BCUT2D eigenvalue weighted by atomic mass is 10.1. The first-order chi connectivity index (χ1) is 12.5. The van der Waals surface area contributed by atoms with Crippen molar-refractivity contribution in [1.29, 1.82) is 5.26 Å². The number of benzene rings is 1. The summed E-state index contributed by atoms with van der Waals surface area (Å²) in [5.41, 5.74) is 1.35. The van der Waals surface area contributed by atoms with Crippen molar-refractivity contribution in [3.8, 4) is 11.8 Å².